The third-order valence-corrected chi connectivity index (χ3v) is 3.70. The highest BCUT2D eigenvalue weighted by atomic mass is 16.3. The quantitative estimate of drug-likeness (QED) is 0.703. The molecule has 13 heavy (non-hydrogen) atoms. The van der Waals surface area contributed by atoms with Crippen LogP contribution in [0.3, 0.4) is 0 Å². The van der Waals surface area contributed by atoms with Gasteiger partial charge in [-0.3, -0.25) is 0 Å². The van der Waals surface area contributed by atoms with Crippen molar-refractivity contribution < 1.29 is 5.11 Å². The second kappa shape index (κ2) is 3.58. The monoisotopic (exact) mass is 183 g/mol. The van der Waals surface area contributed by atoms with Gasteiger partial charge in [0.05, 0.1) is 6.10 Å². The normalized spacial score (nSPS) is 30.0. The minimum absolute atomic E-state index is 0.156. The fourth-order valence-electron chi connectivity index (χ4n) is 3.09. The van der Waals surface area contributed by atoms with E-state index in [1.165, 1.54) is 45.2 Å². The third-order valence-electron chi connectivity index (χ3n) is 3.70. The van der Waals surface area contributed by atoms with Gasteiger partial charge in [-0.15, -0.1) is 0 Å². The third kappa shape index (κ3) is 2.05. The minimum atomic E-state index is -0.156. The number of hydrogen-bond acceptors (Lipinski definition) is 2. The lowest BCUT2D eigenvalue weighted by molar-refractivity contribution is 0.132. The molecule has 1 spiro atoms. The molecular weight excluding hydrogens is 162 g/mol. The summed E-state index contributed by atoms with van der Waals surface area (Å²) in [5, 5.41) is 9.30. The fraction of sp³-hybridized carbons (Fsp3) is 1.00. The first-order valence-corrected chi connectivity index (χ1v) is 5.61. The molecule has 1 atom stereocenters. The van der Waals surface area contributed by atoms with Gasteiger partial charge in [-0.05, 0) is 38.1 Å². The summed E-state index contributed by atoms with van der Waals surface area (Å²) < 4.78 is 0. The summed E-state index contributed by atoms with van der Waals surface area (Å²) in [5.41, 5.74) is 0.662. The molecule has 0 aromatic heterocycles. The molecule has 0 unspecified atom stereocenters. The number of rotatable bonds is 2. The Labute approximate surface area is 80.9 Å². The van der Waals surface area contributed by atoms with Gasteiger partial charge in [0.2, 0.25) is 0 Å². The molecule has 1 saturated carbocycles. The standard InChI is InChI=1S/C11H21NO/c1-10(13)8-12-7-6-11(9-12)4-2-3-5-11/h10,13H,2-9H2,1H3/t10-/m1/s1. The summed E-state index contributed by atoms with van der Waals surface area (Å²) in [6, 6.07) is 0. The Bertz CT molecular complexity index is 173. The molecule has 0 aromatic rings. The zero-order valence-corrected chi connectivity index (χ0v) is 8.63. The second-order valence-corrected chi connectivity index (χ2v) is 5.04. The van der Waals surface area contributed by atoms with E-state index >= 15 is 0 Å². The molecule has 1 aliphatic heterocycles. The molecule has 1 aliphatic carbocycles. The highest BCUT2D eigenvalue weighted by Crippen LogP contribution is 2.45. The van der Waals surface area contributed by atoms with E-state index < -0.39 is 0 Å². The Kier molecular flexibility index (Phi) is 2.61. The first-order valence-electron chi connectivity index (χ1n) is 5.61. The fourth-order valence-corrected chi connectivity index (χ4v) is 3.09. The second-order valence-electron chi connectivity index (χ2n) is 5.04. The lowest BCUT2D eigenvalue weighted by Gasteiger charge is -2.24. The SMILES string of the molecule is C[C@@H](O)CN1CCC2(CCCC2)C1. The first kappa shape index (κ1) is 9.47. The van der Waals surface area contributed by atoms with E-state index in [1.54, 1.807) is 0 Å². The summed E-state index contributed by atoms with van der Waals surface area (Å²) >= 11 is 0. The Hall–Kier alpha value is -0.0800. The predicted molar refractivity (Wildman–Crippen MR) is 53.6 cm³/mol. The maximum atomic E-state index is 9.30. The molecule has 2 nitrogen and oxygen atoms in total. The molecule has 0 aromatic carbocycles. The van der Waals surface area contributed by atoms with Crippen LogP contribution in [-0.2, 0) is 0 Å². The van der Waals surface area contributed by atoms with Crippen molar-refractivity contribution in [1.29, 1.82) is 0 Å². The van der Waals surface area contributed by atoms with Crippen molar-refractivity contribution in [3.8, 4) is 0 Å². The van der Waals surface area contributed by atoms with Crippen molar-refractivity contribution in [3.63, 3.8) is 0 Å². The number of likely N-dealkylation sites (tertiary alicyclic amines) is 1. The summed E-state index contributed by atoms with van der Waals surface area (Å²) in [6.45, 7) is 5.23. The van der Waals surface area contributed by atoms with Crippen LogP contribution < -0.4 is 0 Å². The number of hydrogen-bond donors (Lipinski definition) is 1. The smallest absolute Gasteiger partial charge is 0.0639 e. The van der Waals surface area contributed by atoms with Crippen LogP contribution in [0.4, 0.5) is 0 Å². The number of aliphatic hydroxyl groups excluding tert-OH is 1. The zero-order valence-electron chi connectivity index (χ0n) is 8.63. The van der Waals surface area contributed by atoms with Crippen molar-refractivity contribution >= 4 is 0 Å². The molecule has 76 valence electrons. The van der Waals surface area contributed by atoms with Gasteiger partial charge in [0.25, 0.3) is 0 Å². The Morgan fingerprint density at radius 1 is 1.31 bits per heavy atom. The van der Waals surface area contributed by atoms with Crippen LogP contribution in [-0.4, -0.2) is 35.7 Å². The zero-order chi connectivity index (χ0) is 9.31. The lowest BCUT2D eigenvalue weighted by atomic mass is 9.86. The van der Waals surface area contributed by atoms with E-state index in [0.29, 0.717) is 5.41 Å². The highest BCUT2D eigenvalue weighted by molar-refractivity contribution is 4.93. The molecule has 2 rings (SSSR count). The maximum Gasteiger partial charge on any atom is 0.0639 e. The molecular formula is C11H21NO. The summed E-state index contributed by atoms with van der Waals surface area (Å²) in [4.78, 5) is 2.44. The Morgan fingerprint density at radius 2 is 2.00 bits per heavy atom. The van der Waals surface area contributed by atoms with Crippen LogP contribution in [0.25, 0.3) is 0 Å². The van der Waals surface area contributed by atoms with Gasteiger partial charge in [0, 0.05) is 13.1 Å². The average molecular weight is 183 g/mol. The van der Waals surface area contributed by atoms with E-state index in [0.717, 1.165) is 6.54 Å². The van der Waals surface area contributed by atoms with E-state index in [1.807, 2.05) is 6.92 Å². The van der Waals surface area contributed by atoms with Crippen molar-refractivity contribution in [3.05, 3.63) is 0 Å². The molecule has 0 amide bonds. The largest absolute Gasteiger partial charge is 0.392 e. The van der Waals surface area contributed by atoms with E-state index in [2.05, 4.69) is 4.90 Å². The molecule has 2 fully saturated rings. The van der Waals surface area contributed by atoms with Crippen LogP contribution in [0, 0.1) is 5.41 Å². The molecule has 1 heterocycles. The van der Waals surface area contributed by atoms with E-state index in [4.69, 9.17) is 0 Å². The van der Waals surface area contributed by atoms with Gasteiger partial charge in [0.1, 0.15) is 0 Å². The molecule has 1 saturated heterocycles. The minimum Gasteiger partial charge on any atom is -0.392 e. The number of aliphatic hydroxyl groups is 1. The van der Waals surface area contributed by atoms with Crippen LogP contribution in [0.15, 0.2) is 0 Å². The Morgan fingerprint density at radius 3 is 2.62 bits per heavy atom. The maximum absolute atomic E-state index is 9.30. The van der Waals surface area contributed by atoms with Gasteiger partial charge in [-0.2, -0.15) is 0 Å². The van der Waals surface area contributed by atoms with Gasteiger partial charge in [-0.25, -0.2) is 0 Å². The van der Waals surface area contributed by atoms with E-state index in [9.17, 15) is 5.11 Å². The van der Waals surface area contributed by atoms with Crippen molar-refractivity contribution in [1.82, 2.24) is 4.90 Å². The van der Waals surface area contributed by atoms with Crippen molar-refractivity contribution in [2.45, 2.75) is 45.1 Å². The van der Waals surface area contributed by atoms with Crippen LogP contribution in [0.2, 0.25) is 0 Å². The molecule has 0 radical (unpaired) electrons. The first-order chi connectivity index (χ1) is 6.20. The molecule has 1 N–H and O–H groups in total. The van der Waals surface area contributed by atoms with Crippen molar-refractivity contribution in [2.24, 2.45) is 5.41 Å². The van der Waals surface area contributed by atoms with Crippen LogP contribution in [0.1, 0.15) is 39.0 Å². The number of β-amino-alcohol motifs (C(OH)–C–C–N with tert-alkyl or cyclic N) is 1. The predicted octanol–water partition coefficient (Wildman–Crippen LogP) is 1.63. The van der Waals surface area contributed by atoms with Gasteiger partial charge in [0.15, 0.2) is 0 Å². The number of nitrogens with zero attached hydrogens (tertiary/aromatic N) is 1. The molecule has 0 bridgehead atoms. The summed E-state index contributed by atoms with van der Waals surface area (Å²) in [6.07, 6.45) is 6.95. The topological polar surface area (TPSA) is 23.5 Å². The summed E-state index contributed by atoms with van der Waals surface area (Å²) in [7, 11) is 0. The average Bonchev–Trinajstić information content (AvgIpc) is 2.63. The molecule has 2 heteroatoms. The van der Waals surface area contributed by atoms with Gasteiger partial charge >= 0.3 is 0 Å². The molecule has 2 aliphatic rings. The van der Waals surface area contributed by atoms with Gasteiger partial charge in [-0.1, -0.05) is 12.8 Å². The lowest BCUT2D eigenvalue weighted by Crippen LogP contribution is -2.31. The summed E-state index contributed by atoms with van der Waals surface area (Å²) in [5.74, 6) is 0. The van der Waals surface area contributed by atoms with Crippen LogP contribution >= 0.6 is 0 Å². The van der Waals surface area contributed by atoms with Crippen molar-refractivity contribution in [2.75, 3.05) is 19.6 Å². The van der Waals surface area contributed by atoms with Crippen LogP contribution in [0.5, 0.6) is 0 Å². The highest BCUT2D eigenvalue weighted by Gasteiger charge is 2.39. The van der Waals surface area contributed by atoms with E-state index in [-0.39, 0.29) is 6.10 Å². The van der Waals surface area contributed by atoms with Gasteiger partial charge < -0.3 is 10.0 Å². The Balaban J connectivity index is 1.86.